The zero-order valence-corrected chi connectivity index (χ0v) is 7.42. The molecular formula is C8H5FN6. The Bertz CT molecular complexity index is 584. The predicted octanol–water partition coefficient (Wildman–Crippen LogP) is 0.678. The molecule has 74 valence electrons. The van der Waals surface area contributed by atoms with Crippen molar-refractivity contribution in [1.29, 1.82) is 0 Å². The molecule has 0 saturated carbocycles. The van der Waals surface area contributed by atoms with Gasteiger partial charge in [0.2, 0.25) is 17.2 Å². The minimum absolute atomic E-state index is 0.321. The molecule has 0 fully saturated rings. The Balaban J connectivity index is 2.17. The fraction of sp³-hybridized carbons (Fsp3) is 0. The molecule has 6 nitrogen and oxygen atoms in total. The van der Waals surface area contributed by atoms with Crippen molar-refractivity contribution in [2.24, 2.45) is 0 Å². The molecule has 0 aliphatic carbocycles. The van der Waals surface area contributed by atoms with Gasteiger partial charge in [-0.3, -0.25) is 0 Å². The number of aromatic nitrogens is 6. The number of rotatable bonds is 1. The molecule has 0 aromatic carbocycles. The van der Waals surface area contributed by atoms with Crippen molar-refractivity contribution in [2.45, 2.75) is 0 Å². The molecule has 3 aromatic rings. The van der Waals surface area contributed by atoms with Gasteiger partial charge < -0.3 is 4.98 Å². The lowest BCUT2D eigenvalue weighted by Crippen LogP contribution is -2.02. The molecule has 0 amide bonds. The summed E-state index contributed by atoms with van der Waals surface area (Å²) in [6.45, 7) is 0. The second kappa shape index (κ2) is 2.84. The van der Waals surface area contributed by atoms with Crippen LogP contribution >= 0.6 is 0 Å². The summed E-state index contributed by atoms with van der Waals surface area (Å²) in [7, 11) is 0. The van der Waals surface area contributed by atoms with E-state index in [1.165, 1.54) is 17.2 Å². The molecule has 1 N–H and O–H groups in total. The molecule has 0 spiro atoms. The van der Waals surface area contributed by atoms with Crippen molar-refractivity contribution in [3.05, 3.63) is 30.5 Å². The van der Waals surface area contributed by atoms with Crippen molar-refractivity contribution >= 4 is 11.3 Å². The van der Waals surface area contributed by atoms with Gasteiger partial charge in [0.1, 0.15) is 0 Å². The highest BCUT2D eigenvalue weighted by Gasteiger charge is 2.07. The Morgan fingerprint density at radius 1 is 1.27 bits per heavy atom. The molecule has 3 heterocycles. The number of hydrogen-bond acceptors (Lipinski definition) is 4. The van der Waals surface area contributed by atoms with Crippen molar-refractivity contribution in [2.75, 3.05) is 0 Å². The molecule has 0 aliphatic heterocycles. The van der Waals surface area contributed by atoms with Crippen molar-refractivity contribution < 1.29 is 4.39 Å². The number of H-pyrrole nitrogens is 1. The second-order valence-corrected chi connectivity index (χ2v) is 2.88. The summed E-state index contributed by atoms with van der Waals surface area (Å²) in [4.78, 5) is 11.6. The van der Waals surface area contributed by atoms with Crippen LogP contribution < -0.4 is 0 Å². The van der Waals surface area contributed by atoms with Crippen LogP contribution in [0, 0.1) is 5.95 Å². The number of hydrogen-bond donors (Lipinski definition) is 1. The lowest BCUT2D eigenvalue weighted by Gasteiger charge is -1.96. The van der Waals surface area contributed by atoms with Crippen LogP contribution in [-0.2, 0) is 0 Å². The Morgan fingerprint density at radius 2 is 2.20 bits per heavy atom. The van der Waals surface area contributed by atoms with Gasteiger partial charge >= 0.3 is 0 Å². The number of fused-ring (bicyclic) bond motifs is 1. The monoisotopic (exact) mass is 204 g/mol. The van der Waals surface area contributed by atoms with Gasteiger partial charge in [-0.15, -0.1) is 15.0 Å². The van der Waals surface area contributed by atoms with E-state index in [4.69, 9.17) is 0 Å². The van der Waals surface area contributed by atoms with Crippen molar-refractivity contribution in [3.63, 3.8) is 0 Å². The average Bonchev–Trinajstić information content (AvgIpc) is 2.76. The smallest absolute Gasteiger partial charge is 0.220 e. The van der Waals surface area contributed by atoms with Gasteiger partial charge in [0, 0.05) is 0 Å². The second-order valence-electron chi connectivity index (χ2n) is 2.88. The fourth-order valence-electron chi connectivity index (χ4n) is 1.25. The van der Waals surface area contributed by atoms with Gasteiger partial charge in [-0.2, -0.15) is 9.37 Å². The highest BCUT2D eigenvalue weighted by Crippen LogP contribution is 2.06. The van der Waals surface area contributed by atoms with Crippen LogP contribution in [0.15, 0.2) is 24.5 Å². The maximum Gasteiger partial charge on any atom is 0.220 e. The van der Waals surface area contributed by atoms with E-state index >= 15 is 0 Å². The number of aromatic amines is 1. The molecule has 0 unspecified atom stereocenters. The Morgan fingerprint density at radius 3 is 3.00 bits per heavy atom. The number of imidazole rings is 1. The topological polar surface area (TPSA) is 72.3 Å². The average molecular weight is 204 g/mol. The van der Waals surface area contributed by atoms with Gasteiger partial charge in [0.15, 0.2) is 5.82 Å². The van der Waals surface area contributed by atoms with Gasteiger partial charge in [-0.05, 0) is 12.1 Å². The molecule has 0 saturated heterocycles. The molecule has 0 radical (unpaired) electrons. The molecular weight excluding hydrogens is 199 g/mol. The van der Waals surface area contributed by atoms with Crippen LogP contribution in [0.4, 0.5) is 4.39 Å². The Kier molecular flexibility index (Phi) is 1.52. The molecule has 7 heteroatoms. The zero-order valence-electron chi connectivity index (χ0n) is 7.42. The van der Waals surface area contributed by atoms with Crippen LogP contribution in [0.1, 0.15) is 0 Å². The summed E-state index contributed by atoms with van der Waals surface area (Å²) in [6, 6.07) is 4.42. The number of nitrogens with zero attached hydrogens (tertiary/aromatic N) is 5. The maximum atomic E-state index is 12.8. The van der Waals surface area contributed by atoms with E-state index in [0.29, 0.717) is 17.1 Å². The van der Waals surface area contributed by atoms with E-state index < -0.39 is 5.95 Å². The summed E-state index contributed by atoms with van der Waals surface area (Å²) >= 11 is 0. The van der Waals surface area contributed by atoms with Crippen LogP contribution in [0.25, 0.3) is 17.1 Å². The molecule has 0 bridgehead atoms. The molecule has 3 aromatic heterocycles. The van der Waals surface area contributed by atoms with Crippen LogP contribution in [0.3, 0.4) is 0 Å². The SMILES string of the molecule is Fc1cccc(-n2nc3nc[nH]c3n2)n1. The van der Waals surface area contributed by atoms with Crippen molar-refractivity contribution in [3.8, 4) is 5.82 Å². The van der Waals surface area contributed by atoms with E-state index in [0.717, 1.165) is 0 Å². The third kappa shape index (κ3) is 1.25. The first-order chi connectivity index (χ1) is 7.33. The van der Waals surface area contributed by atoms with Crippen LogP contribution in [0.5, 0.6) is 0 Å². The van der Waals surface area contributed by atoms with Gasteiger partial charge in [-0.25, -0.2) is 4.98 Å². The Hall–Kier alpha value is -2.31. The summed E-state index contributed by atoms with van der Waals surface area (Å²) in [5.41, 5.74) is 1.02. The van der Waals surface area contributed by atoms with E-state index in [1.54, 1.807) is 12.1 Å². The van der Waals surface area contributed by atoms with E-state index in [1.807, 2.05) is 0 Å². The highest BCUT2D eigenvalue weighted by atomic mass is 19.1. The molecule has 0 atom stereocenters. The standard InChI is InChI=1S/C8H5FN6/c9-5-2-1-3-6(12-5)15-13-7-8(14-15)11-4-10-7/h1-4H,(H,10,11,13,14). The summed E-state index contributed by atoms with van der Waals surface area (Å²) < 4.78 is 12.8. The van der Waals surface area contributed by atoms with Crippen LogP contribution in [-0.4, -0.2) is 29.9 Å². The fourth-order valence-corrected chi connectivity index (χ4v) is 1.25. The van der Waals surface area contributed by atoms with E-state index in [-0.39, 0.29) is 0 Å². The first-order valence-corrected chi connectivity index (χ1v) is 4.22. The minimum Gasteiger partial charge on any atom is -0.326 e. The third-order valence-corrected chi connectivity index (χ3v) is 1.89. The molecule has 15 heavy (non-hydrogen) atoms. The number of halogens is 1. The van der Waals surface area contributed by atoms with E-state index in [2.05, 4.69) is 25.1 Å². The van der Waals surface area contributed by atoms with Gasteiger partial charge in [0.05, 0.1) is 6.33 Å². The lowest BCUT2D eigenvalue weighted by molar-refractivity contribution is 0.572. The number of pyridine rings is 1. The largest absolute Gasteiger partial charge is 0.326 e. The summed E-state index contributed by atoms with van der Waals surface area (Å²) in [6.07, 6.45) is 1.49. The molecule has 0 aliphatic rings. The first kappa shape index (κ1) is 8.04. The van der Waals surface area contributed by atoms with Gasteiger partial charge in [0.25, 0.3) is 0 Å². The van der Waals surface area contributed by atoms with E-state index in [9.17, 15) is 4.39 Å². The maximum absolute atomic E-state index is 12.8. The van der Waals surface area contributed by atoms with Crippen molar-refractivity contribution in [1.82, 2.24) is 29.9 Å². The summed E-state index contributed by atoms with van der Waals surface area (Å²) in [5.74, 6) is -0.247. The summed E-state index contributed by atoms with van der Waals surface area (Å²) in [5, 5.41) is 8.06. The van der Waals surface area contributed by atoms with Crippen LogP contribution in [0.2, 0.25) is 0 Å². The first-order valence-electron chi connectivity index (χ1n) is 4.22. The number of nitrogens with one attached hydrogen (secondary N) is 1. The van der Waals surface area contributed by atoms with Gasteiger partial charge in [-0.1, -0.05) is 6.07 Å². The predicted molar refractivity (Wildman–Crippen MR) is 48.8 cm³/mol. The minimum atomic E-state index is -0.568. The third-order valence-electron chi connectivity index (χ3n) is 1.89. The lowest BCUT2D eigenvalue weighted by atomic mass is 10.5. The molecule has 3 rings (SSSR count). The zero-order chi connectivity index (χ0) is 10.3. The normalized spacial score (nSPS) is 11.0. The highest BCUT2D eigenvalue weighted by molar-refractivity contribution is 5.63. The Labute approximate surface area is 82.8 Å². The quantitative estimate of drug-likeness (QED) is 0.591.